The fraction of sp³-hybridized carbons (Fsp3) is 0.778. The van der Waals surface area contributed by atoms with Gasteiger partial charge in [0.25, 0.3) is 0 Å². The van der Waals surface area contributed by atoms with Crippen LogP contribution in [0.25, 0.3) is 0 Å². The standard InChI is InChI=1S/C9H16O2P/c1-8(12(10)11-2)9-6-4-3-5-7-9/h9H,1,3-7H2,2H3/q+1. The molecular formula is C9H16O2P+. The smallest absolute Gasteiger partial charge is 0.145 e. The summed E-state index contributed by atoms with van der Waals surface area (Å²) in [4.78, 5) is 0. The molecule has 2 nitrogen and oxygen atoms in total. The molecule has 0 aromatic carbocycles. The van der Waals surface area contributed by atoms with E-state index in [2.05, 4.69) is 6.58 Å². The molecule has 0 amide bonds. The van der Waals surface area contributed by atoms with Crippen LogP contribution in [0.2, 0.25) is 0 Å². The lowest BCUT2D eigenvalue weighted by atomic mass is 9.89. The SMILES string of the molecule is C=C(C1CCCCC1)[P+](=O)OC. The Morgan fingerprint density at radius 3 is 2.50 bits per heavy atom. The van der Waals surface area contributed by atoms with Gasteiger partial charge in [0.15, 0.2) is 5.31 Å². The fourth-order valence-corrected chi connectivity index (χ4v) is 2.49. The summed E-state index contributed by atoms with van der Waals surface area (Å²) in [7, 11) is -0.128. The summed E-state index contributed by atoms with van der Waals surface area (Å²) in [5, 5.41) is 0.812. The van der Waals surface area contributed by atoms with Crippen LogP contribution in [0.1, 0.15) is 32.1 Å². The Hall–Kier alpha value is -0.200. The van der Waals surface area contributed by atoms with Crippen molar-refractivity contribution in [3.05, 3.63) is 11.9 Å². The van der Waals surface area contributed by atoms with Crippen LogP contribution < -0.4 is 0 Å². The molecule has 1 unspecified atom stereocenters. The predicted molar refractivity (Wildman–Crippen MR) is 50.3 cm³/mol. The van der Waals surface area contributed by atoms with Crippen LogP contribution in [0.4, 0.5) is 0 Å². The highest BCUT2D eigenvalue weighted by Gasteiger charge is 2.31. The molecule has 68 valence electrons. The van der Waals surface area contributed by atoms with Gasteiger partial charge in [-0.15, -0.1) is 4.52 Å². The monoisotopic (exact) mass is 187 g/mol. The number of hydrogen-bond acceptors (Lipinski definition) is 2. The highest BCUT2D eigenvalue weighted by Crippen LogP contribution is 2.42. The first kappa shape index (κ1) is 9.88. The maximum atomic E-state index is 11.2. The van der Waals surface area contributed by atoms with Crippen molar-refractivity contribution in [3.63, 3.8) is 0 Å². The molecule has 1 atom stereocenters. The Labute approximate surface area is 74.9 Å². The van der Waals surface area contributed by atoms with Crippen molar-refractivity contribution in [1.29, 1.82) is 0 Å². The maximum absolute atomic E-state index is 11.2. The van der Waals surface area contributed by atoms with Gasteiger partial charge in [-0.3, -0.25) is 0 Å². The lowest BCUT2D eigenvalue weighted by Crippen LogP contribution is -2.06. The Morgan fingerprint density at radius 2 is 2.00 bits per heavy atom. The van der Waals surface area contributed by atoms with Gasteiger partial charge in [0.05, 0.1) is 7.11 Å². The third-order valence-corrected chi connectivity index (χ3v) is 3.64. The minimum Gasteiger partial charge on any atom is -0.145 e. The minimum atomic E-state index is -1.61. The van der Waals surface area contributed by atoms with Gasteiger partial charge in [0, 0.05) is 5.92 Å². The van der Waals surface area contributed by atoms with Gasteiger partial charge in [-0.05, 0) is 24.0 Å². The van der Waals surface area contributed by atoms with E-state index < -0.39 is 8.03 Å². The van der Waals surface area contributed by atoms with Gasteiger partial charge in [-0.1, -0.05) is 19.3 Å². The van der Waals surface area contributed by atoms with Gasteiger partial charge in [-0.25, -0.2) is 0 Å². The van der Waals surface area contributed by atoms with Crippen LogP contribution >= 0.6 is 8.03 Å². The molecule has 1 aliphatic carbocycles. The third kappa shape index (κ3) is 2.40. The normalized spacial score (nSPS) is 20.6. The first-order chi connectivity index (χ1) is 5.75. The first-order valence-corrected chi connectivity index (χ1v) is 5.63. The van der Waals surface area contributed by atoms with E-state index in [9.17, 15) is 4.57 Å². The number of hydrogen-bond donors (Lipinski definition) is 0. The molecule has 1 saturated carbocycles. The van der Waals surface area contributed by atoms with Crippen LogP contribution in [0.5, 0.6) is 0 Å². The van der Waals surface area contributed by atoms with E-state index >= 15 is 0 Å². The predicted octanol–water partition coefficient (Wildman–Crippen LogP) is 3.47. The first-order valence-electron chi connectivity index (χ1n) is 4.46. The van der Waals surface area contributed by atoms with Gasteiger partial charge < -0.3 is 0 Å². The highest BCUT2D eigenvalue weighted by atomic mass is 31.1. The zero-order valence-electron chi connectivity index (χ0n) is 7.58. The summed E-state index contributed by atoms with van der Waals surface area (Å²) >= 11 is 0. The largest absolute Gasteiger partial charge is 0.543 e. The van der Waals surface area contributed by atoms with Gasteiger partial charge in [-0.2, -0.15) is 0 Å². The average molecular weight is 187 g/mol. The molecule has 0 N–H and O–H groups in total. The fourth-order valence-electron chi connectivity index (χ4n) is 1.70. The zero-order valence-corrected chi connectivity index (χ0v) is 8.48. The van der Waals surface area contributed by atoms with E-state index in [0.29, 0.717) is 5.92 Å². The molecule has 1 fully saturated rings. The van der Waals surface area contributed by atoms with Crippen molar-refractivity contribution in [1.82, 2.24) is 0 Å². The lowest BCUT2D eigenvalue weighted by Gasteiger charge is -2.17. The second kappa shape index (κ2) is 4.74. The van der Waals surface area contributed by atoms with Gasteiger partial charge in [0.1, 0.15) is 0 Å². The molecule has 0 spiro atoms. The van der Waals surface area contributed by atoms with Crippen LogP contribution in [-0.4, -0.2) is 7.11 Å². The van der Waals surface area contributed by atoms with Crippen LogP contribution in [0, 0.1) is 5.92 Å². The van der Waals surface area contributed by atoms with Crippen molar-refractivity contribution in [2.45, 2.75) is 32.1 Å². The van der Waals surface area contributed by atoms with Crippen LogP contribution in [-0.2, 0) is 9.09 Å². The van der Waals surface area contributed by atoms with Crippen molar-refractivity contribution >= 4 is 8.03 Å². The van der Waals surface area contributed by atoms with Crippen molar-refractivity contribution in [3.8, 4) is 0 Å². The molecule has 3 heteroatoms. The average Bonchev–Trinajstić information content (AvgIpc) is 2.17. The van der Waals surface area contributed by atoms with E-state index in [1.165, 1.54) is 26.4 Å². The highest BCUT2D eigenvalue weighted by molar-refractivity contribution is 7.44. The van der Waals surface area contributed by atoms with E-state index in [0.717, 1.165) is 18.2 Å². The van der Waals surface area contributed by atoms with E-state index in [4.69, 9.17) is 4.52 Å². The maximum Gasteiger partial charge on any atom is 0.543 e. The molecule has 0 aliphatic heterocycles. The van der Waals surface area contributed by atoms with E-state index in [1.54, 1.807) is 0 Å². The lowest BCUT2D eigenvalue weighted by molar-refractivity contribution is 0.388. The summed E-state index contributed by atoms with van der Waals surface area (Å²) in [5.74, 6) is 0.447. The molecule has 0 aromatic rings. The summed E-state index contributed by atoms with van der Waals surface area (Å²) in [6.45, 7) is 3.84. The molecule has 0 saturated heterocycles. The second-order valence-corrected chi connectivity index (χ2v) is 4.72. The Morgan fingerprint density at radius 1 is 1.42 bits per heavy atom. The second-order valence-electron chi connectivity index (χ2n) is 3.27. The molecule has 1 rings (SSSR count). The molecule has 1 aliphatic rings. The summed E-state index contributed by atoms with van der Waals surface area (Å²) < 4.78 is 16.0. The van der Waals surface area contributed by atoms with Crippen molar-refractivity contribution in [2.75, 3.05) is 7.11 Å². The summed E-state index contributed by atoms with van der Waals surface area (Å²) in [6.07, 6.45) is 6.09. The molecule has 0 heterocycles. The van der Waals surface area contributed by atoms with E-state index in [-0.39, 0.29) is 0 Å². The Kier molecular flexibility index (Phi) is 3.90. The summed E-state index contributed by atoms with van der Waals surface area (Å²) in [5.41, 5.74) is 0. The van der Waals surface area contributed by atoms with Crippen molar-refractivity contribution in [2.24, 2.45) is 5.92 Å². The van der Waals surface area contributed by atoms with Crippen molar-refractivity contribution < 1.29 is 9.09 Å². The number of allylic oxidation sites excluding steroid dienone is 1. The van der Waals surface area contributed by atoms with E-state index in [1.807, 2.05) is 0 Å². The van der Waals surface area contributed by atoms with Gasteiger partial charge >= 0.3 is 8.03 Å². The molecule has 0 bridgehead atoms. The molecule has 12 heavy (non-hydrogen) atoms. The topological polar surface area (TPSA) is 26.3 Å². The molecule has 0 aromatic heterocycles. The Bertz CT molecular complexity index is 183. The molecule has 0 radical (unpaired) electrons. The minimum absolute atomic E-state index is 0.447. The Balaban J connectivity index is 2.45. The molecular weight excluding hydrogens is 171 g/mol. The summed E-state index contributed by atoms with van der Waals surface area (Å²) in [6, 6.07) is 0. The quantitative estimate of drug-likeness (QED) is 0.632. The van der Waals surface area contributed by atoms with Crippen LogP contribution in [0.15, 0.2) is 11.9 Å². The zero-order chi connectivity index (χ0) is 8.97. The van der Waals surface area contributed by atoms with Gasteiger partial charge in [0.2, 0.25) is 0 Å². The third-order valence-electron chi connectivity index (χ3n) is 2.48. The van der Waals surface area contributed by atoms with Crippen LogP contribution in [0.3, 0.4) is 0 Å². The number of rotatable bonds is 3.